The number of nitrogens with zero attached hydrogens (tertiary/aromatic N) is 1. The average molecular weight is 299 g/mol. The molecular formula is C15H23ClN2S. The van der Waals surface area contributed by atoms with Crippen molar-refractivity contribution in [1.29, 1.82) is 0 Å². The third kappa shape index (κ3) is 3.72. The first kappa shape index (κ1) is 13.9. The second-order valence-corrected chi connectivity index (χ2v) is 7.56. The van der Waals surface area contributed by atoms with Crippen LogP contribution in [0.1, 0.15) is 44.2 Å². The van der Waals surface area contributed by atoms with Crippen molar-refractivity contribution < 1.29 is 0 Å². The van der Waals surface area contributed by atoms with Crippen molar-refractivity contribution in [3.63, 3.8) is 0 Å². The van der Waals surface area contributed by atoms with Crippen LogP contribution < -0.4 is 5.32 Å². The lowest BCUT2D eigenvalue weighted by molar-refractivity contribution is 0.152. The molecule has 1 saturated heterocycles. The van der Waals surface area contributed by atoms with Crippen molar-refractivity contribution in [3.05, 3.63) is 21.3 Å². The van der Waals surface area contributed by atoms with Crippen molar-refractivity contribution in [3.8, 4) is 0 Å². The van der Waals surface area contributed by atoms with Crippen LogP contribution >= 0.6 is 22.9 Å². The highest BCUT2D eigenvalue weighted by Crippen LogP contribution is 2.31. The molecule has 1 N–H and O–H groups in total. The van der Waals surface area contributed by atoms with E-state index < -0.39 is 0 Å². The van der Waals surface area contributed by atoms with E-state index in [9.17, 15) is 0 Å². The van der Waals surface area contributed by atoms with Crippen LogP contribution in [-0.2, 0) is 0 Å². The van der Waals surface area contributed by atoms with Gasteiger partial charge in [0.2, 0.25) is 0 Å². The maximum atomic E-state index is 6.03. The molecule has 0 spiro atoms. The Morgan fingerprint density at radius 2 is 2.11 bits per heavy atom. The van der Waals surface area contributed by atoms with Gasteiger partial charge in [0, 0.05) is 25.2 Å². The molecule has 0 aromatic carbocycles. The van der Waals surface area contributed by atoms with Gasteiger partial charge in [0.05, 0.1) is 4.34 Å². The number of hydrogen-bond acceptors (Lipinski definition) is 3. The van der Waals surface area contributed by atoms with Gasteiger partial charge in [-0.1, -0.05) is 11.6 Å². The van der Waals surface area contributed by atoms with Gasteiger partial charge in [0.1, 0.15) is 0 Å². The minimum Gasteiger partial charge on any atom is -0.314 e. The summed E-state index contributed by atoms with van der Waals surface area (Å²) in [6.45, 7) is 5.96. The fraction of sp³-hybridized carbons (Fsp3) is 0.733. The van der Waals surface area contributed by atoms with Gasteiger partial charge in [-0.25, -0.2) is 0 Å². The molecule has 19 heavy (non-hydrogen) atoms. The zero-order chi connectivity index (χ0) is 13.2. The van der Waals surface area contributed by atoms with Gasteiger partial charge in [-0.15, -0.1) is 11.3 Å². The SMILES string of the molecule is CC(c1csc(Cl)c1)N1CCC(NCC2CC2)CC1. The number of halogens is 1. The highest BCUT2D eigenvalue weighted by molar-refractivity contribution is 7.14. The Balaban J connectivity index is 1.46. The highest BCUT2D eigenvalue weighted by Gasteiger charge is 2.26. The van der Waals surface area contributed by atoms with E-state index in [1.165, 1.54) is 50.9 Å². The van der Waals surface area contributed by atoms with E-state index in [2.05, 4.69) is 28.6 Å². The van der Waals surface area contributed by atoms with Gasteiger partial charge in [0.25, 0.3) is 0 Å². The first-order valence-electron chi connectivity index (χ1n) is 7.43. The molecule has 1 saturated carbocycles. The second-order valence-electron chi connectivity index (χ2n) is 6.02. The fourth-order valence-electron chi connectivity index (χ4n) is 2.90. The van der Waals surface area contributed by atoms with Gasteiger partial charge in [-0.05, 0) is 62.1 Å². The van der Waals surface area contributed by atoms with Crippen molar-refractivity contribution in [2.75, 3.05) is 19.6 Å². The molecule has 1 unspecified atom stereocenters. The third-order valence-corrected chi connectivity index (χ3v) is 5.65. The lowest BCUT2D eigenvalue weighted by atomic mass is 10.0. The third-order valence-electron chi connectivity index (χ3n) is 4.54. The average Bonchev–Trinajstić information content (AvgIpc) is 3.17. The van der Waals surface area contributed by atoms with E-state index in [4.69, 9.17) is 11.6 Å². The monoisotopic (exact) mass is 298 g/mol. The van der Waals surface area contributed by atoms with E-state index in [-0.39, 0.29) is 0 Å². The summed E-state index contributed by atoms with van der Waals surface area (Å²) in [6.07, 6.45) is 5.47. The first-order valence-corrected chi connectivity index (χ1v) is 8.69. The summed E-state index contributed by atoms with van der Waals surface area (Å²) in [6, 6.07) is 3.37. The topological polar surface area (TPSA) is 15.3 Å². The summed E-state index contributed by atoms with van der Waals surface area (Å²) >= 11 is 7.68. The second kappa shape index (κ2) is 6.13. The largest absolute Gasteiger partial charge is 0.314 e. The Kier molecular flexibility index (Phi) is 4.47. The zero-order valence-electron chi connectivity index (χ0n) is 11.6. The standard InChI is InChI=1S/C15H23ClN2S/c1-11(13-8-15(16)19-10-13)18-6-4-14(5-7-18)17-9-12-2-3-12/h8,10-12,14,17H,2-7,9H2,1H3. The molecule has 0 amide bonds. The van der Waals surface area contributed by atoms with Gasteiger partial charge >= 0.3 is 0 Å². The van der Waals surface area contributed by atoms with Crippen molar-refractivity contribution in [2.45, 2.75) is 44.7 Å². The Hall–Kier alpha value is -0.0900. The minimum atomic E-state index is 0.508. The quantitative estimate of drug-likeness (QED) is 0.886. The Bertz CT molecular complexity index is 408. The zero-order valence-corrected chi connectivity index (χ0v) is 13.1. The minimum absolute atomic E-state index is 0.508. The van der Waals surface area contributed by atoms with Crippen LogP contribution in [0.15, 0.2) is 11.4 Å². The smallest absolute Gasteiger partial charge is 0.0931 e. The first-order chi connectivity index (χ1) is 9.22. The molecule has 1 aromatic heterocycles. The molecule has 2 aliphatic rings. The van der Waals surface area contributed by atoms with Crippen LogP contribution in [0.4, 0.5) is 0 Å². The fourth-order valence-corrected chi connectivity index (χ4v) is 3.88. The molecule has 2 nitrogen and oxygen atoms in total. The molecule has 2 heterocycles. The van der Waals surface area contributed by atoms with Crippen molar-refractivity contribution in [1.82, 2.24) is 10.2 Å². The van der Waals surface area contributed by atoms with E-state index in [1.54, 1.807) is 11.3 Å². The maximum Gasteiger partial charge on any atom is 0.0931 e. The predicted molar refractivity (Wildman–Crippen MR) is 83.1 cm³/mol. The summed E-state index contributed by atoms with van der Waals surface area (Å²) in [5, 5.41) is 5.94. The van der Waals surface area contributed by atoms with Crippen LogP contribution in [0.3, 0.4) is 0 Å². The van der Waals surface area contributed by atoms with Crippen LogP contribution in [0, 0.1) is 5.92 Å². The van der Waals surface area contributed by atoms with Crippen molar-refractivity contribution in [2.24, 2.45) is 5.92 Å². The van der Waals surface area contributed by atoms with Gasteiger partial charge in [0.15, 0.2) is 0 Å². The van der Waals surface area contributed by atoms with Crippen LogP contribution in [0.5, 0.6) is 0 Å². The number of piperidine rings is 1. The normalized spacial score (nSPS) is 23.7. The molecule has 2 fully saturated rings. The molecule has 1 aliphatic carbocycles. The lowest BCUT2D eigenvalue weighted by Gasteiger charge is -2.36. The maximum absolute atomic E-state index is 6.03. The Labute approximate surface area is 125 Å². The number of nitrogens with one attached hydrogen (secondary N) is 1. The van der Waals surface area contributed by atoms with E-state index in [0.29, 0.717) is 6.04 Å². The molecule has 1 aliphatic heterocycles. The molecule has 0 bridgehead atoms. The van der Waals surface area contributed by atoms with Crippen LogP contribution in [0.2, 0.25) is 4.34 Å². The molecule has 0 radical (unpaired) electrons. The van der Waals surface area contributed by atoms with Gasteiger partial charge in [-0.3, -0.25) is 4.90 Å². The van der Waals surface area contributed by atoms with Crippen LogP contribution in [-0.4, -0.2) is 30.6 Å². The summed E-state index contributed by atoms with van der Waals surface area (Å²) in [5.41, 5.74) is 1.37. The van der Waals surface area contributed by atoms with E-state index in [0.717, 1.165) is 16.3 Å². The lowest BCUT2D eigenvalue weighted by Crippen LogP contribution is -2.43. The van der Waals surface area contributed by atoms with Crippen molar-refractivity contribution >= 4 is 22.9 Å². The van der Waals surface area contributed by atoms with E-state index >= 15 is 0 Å². The highest BCUT2D eigenvalue weighted by atomic mass is 35.5. The predicted octanol–water partition coefficient (Wildman–Crippen LogP) is 3.93. The molecule has 3 rings (SSSR count). The Morgan fingerprint density at radius 1 is 1.37 bits per heavy atom. The molecule has 106 valence electrons. The number of hydrogen-bond donors (Lipinski definition) is 1. The van der Waals surface area contributed by atoms with Gasteiger partial charge < -0.3 is 5.32 Å². The number of likely N-dealkylation sites (tertiary alicyclic amines) is 1. The summed E-state index contributed by atoms with van der Waals surface area (Å²) in [4.78, 5) is 2.59. The summed E-state index contributed by atoms with van der Waals surface area (Å²) in [7, 11) is 0. The molecule has 1 atom stereocenters. The summed E-state index contributed by atoms with van der Waals surface area (Å²) in [5.74, 6) is 0.991. The number of rotatable bonds is 5. The number of thiophene rings is 1. The molecule has 4 heteroatoms. The molecular weight excluding hydrogens is 276 g/mol. The van der Waals surface area contributed by atoms with Crippen LogP contribution in [0.25, 0.3) is 0 Å². The summed E-state index contributed by atoms with van der Waals surface area (Å²) < 4.78 is 0.905. The van der Waals surface area contributed by atoms with Gasteiger partial charge in [-0.2, -0.15) is 0 Å². The Morgan fingerprint density at radius 3 is 2.68 bits per heavy atom. The van der Waals surface area contributed by atoms with E-state index in [1.807, 2.05) is 0 Å². The molecule has 1 aromatic rings.